The minimum Gasteiger partial charge on any atom is -0.545 e. The van der Waals surface area contributed by atoms with Crippen LogP contribution in [-0.4, -0.2) is 57.5 Å². The van der Waals surface area contributed by atoms with Gasteiger partial charge < -0.3 is 24.9 Å². The molecule has 0 fully saturated rings. The molecule has 0 amide bonds. The van der Waals surface area contributed by atoms with Crippen molar-refractivity contribution in [2.24, 2.45) is 0 Å². The van der Waals surface area contributed by atoms with Crippen molar-refractivity contribution in [2.45, 2.75) is 19.5 Å². The summed E-state index contributed by atoms with van der Waals surface area (Å²) in [5.41, 5.74) is -4.22. The van der Waals surface area contributed by atoms with Gasteiger partial charge in [0.2, 0.25) is 0 Å². The van der Waals surface area contributed by atoms with E-state index in [4.69, 9.17) is 5.11 Å². The Morgan fingerprint density at radius 2 is 1.38 bits per heavy atom. The molecule has 1 radical (unpaired) electrons. The normalized spacial score (nSPS) is 9.75. The number of carbonyl (C=O) groups excluding carboxylic acids is 2. The average Bonchev–Trinajstić information content (AvgIpc) is 3.41. The fourth-order valence-electron chi connectivity index (χ4n) is 2.38. The average molecular weight is 495 g/mol. The number of hydrogen-bond acceptors (Lipinski definition) is 11. The van der Waals surface area contributed by atoms with Gasteiger partial charge in [-0.25, -0.2) is 14.8 Å². The molecule has 171 valence electrons. The zero-order chi connectivity index (χ0) is 23.0. The molecule has 16 heteroatoms. The number of nitro groups is 1. The number of hydrogen-bond donors (Lipinski definition) is 1. The molecule has 15 nitrogen and oxygen atoms in total. The number of non-ortho nitro benzene ring substituents is 1. The summed E-state index contributed by atoms with van der Waals surface area (Å²) < 4.78 is 3.61. The van der Waals surface area contributed by atoms with E-state index >= 15 is 0 Å². The molecule has 0 spiro atoms. The van der Waals surface area contributed by atoms with E-state index in [2.05, 4.69) is 20.2 Å². The summed E-state index contributed by atoms with van der Waals surface area (Å²) in [5, 5.41) is 48.5. The van der Waals surface area contributed by atoms with Crippen molar-refractivity contribution in [2.75, 3.05) is 0 Å². The summed E-state index contributed by atoms with van der Waals surface area (Å²) in [6, 6.07) is 0.816. The molecule has 3 aromatic rings. The number of nitrogens with zero attached hydrogens (tertiary/aromatic N) is 7. The van der Waals surface area contributed by atoms with Crippen molar-refractivity contribution in [3.8, 4) is 0 Å². The molecule has 0 aliphatic heterocycles. The van der Waals surface area contributed by atoms with Crippen molar-refractivity contribution >= 4 is 23.6 Å². The monoisotopic (exact) mass is 494 g/mol. The van der Waals surface area contributed by atoms with E-state index in [1.54, 1.807) is 22.0 Å². The van der Waals surface area contributed by atoms with Gasteiger partial charge in [-0.2, -0.15) is 10.2 Å². The Hall–Kier alpha value is -4.17. The smallest absolute Gasteiger partial charge is 0.545 e. The van der Waals surface area contributed by atoms with Gasteiger partial charge in [0, 0.05) is 36.3 Å². The van der Waals surface area contributed by atoms with Crippen LogP contribution in [0.5, 0.6) is 0 Å². The zero-order valence-corrected chi connectivity index (χ0v) is 16.8. The first-order chi connectivity index (χ1) is 14.7. The zero-order valence-electron chi connectivity index (χ0n) is 15.8. The third-order valence-electron chi connectivity index (χ3n) is 3.70. The van der Waals surface area contributed by atoms with E-state index in [9.17, 15) is 34.7 Å². The first kappa shape index (κ1) is 25.9. The standard InChI is InChI=1S/C9H5NO8.C7H10N6.Cu/c11-7(12)4-1-3(10(17)18)2-5(8(13)14)6(4)9(15)16;1(2-12-6-8-4-10-12)3-13-7-9-5-11-13;/h1-2H,(H,11,12)(H,13,14)(H,15,16);4-7H,1-3H2;/q;;+2/p-2. The maximum atomic E-state index is 10.8. The second-order valence-corrected chi connectivity index (χ2v) is 5.72. The van der Waals surface area contributed by atoms with Crippen LogP contribution in [0.25, 0.3) is 0 Å². The molecule has 0 aliphatic carbocycles. The van der Waals surface area contributed by atoms with E-state index in [0.29, 0.717) is 12.1 Å². The molecule has 1 N–H and O–H groups in total. The number of benzene rings is 1. The van der Waals surface area contributed by atoms with E-state index in [1.165, 1.54) is 12.7 Å². The molecule has 1 aromatic carbocycles. The fourth-order valence-corrected chi connectivity index (χ4v) is 2.38. The summed E-state index contributed by atoms with van der Waals surface area (Å²) >= 11 is 0. The minimum atomic E-state index is -2.04. The molecular weight excluding hydrogens is 482 g/mol. The topological polar surface area (TPSA) is 222 Å². The molecular formula is C16H13CuN7O8. The van der Waals surface area contributed by atoms with Crippen LogP contribution in [0.2, 0.25) is 0 Å². The SMILES string of the molecule is O=C([O-])c1cc([N+](=O)[O-])cc(C(=O)[O-])c1C(=O)O.[Cu+2].c1ncn(CCCn2cncn2)n1. The summed E-state index contributed by atoms with van der Waals surface area (Å²) in [4.78, 5) is 49.2. The minimum absolute atomic E-state index is 0. The van der Waals surface area contributed by atoms with E-state index in [-0.39, 0.29) is 17.1 Å². The van der Waals surface area contributed by atoms with Crippen molar-refractivity contribution < 1.29 is 51.7 Å². The second kappa shape index (κ2) is 11.9. The Balaban J connectivity index is 0.000000324. The quantitative estimate of drug-likeness (QED) is 0.203. The number of rotatable bonds is 8. The summed E-state index contributed by atoms with van der Waals surface area (Å²) in [7, 11) is 0. The van der Waals surface area contributed by atoms with Gasteiger partial charge >= 0.3 is 23.0 Å². The molecule has 0 saturated heterocycles. The Morgan fingerprint density at radius 3 is 1.66 bits per heavy atom. The Labute approximate surface area is 189 Å². The van der Waals surface area contributed by atoms with Crippen LogP contribution in [0, 0.1) is 10.1 Å². The molecule has 0 saturated carbocycles. The third-order valence-corrected chi connectivity index (χ3v) is 3.70. The number of carbonyl (C=O) groups is 3. The molecule has 3 rings (SSSR count). The largest absolute Gasteiger partial charge is 2.00 e. The van der Waals surface area contributed by atoms with Crippen molar-refractivity contribution in [3.63, 3.8) is 0 Å². The van der Waals surface area contributed by atoms with E-state index < -0.39 is 45.2 Å². The van der Waals surface area contributed by atoms with Gasteiger partial charge in [0.25, 0.3) is 5.69 Å². The van der Waals surface area contributed by atoms with Crippen LogP contribution in [0.3, 0.4) is 0 Å². The van der Waals surface area contributed by atoms with Crippen LogP contribution in [0.1, 0.15) is 37.5 Å². The van der Waals surface area contributed by atoms with Gasteiger partial charge in [-0.15, -0.1) is 0 Å². The Bertz CT molecular complexity index is 1020. The molecule has 0 aliphatic rings. The predicted octanol–water partition coefficient (Wildman–Crippen LogP) is -2.02. The number of aryl methyl sites for hydroxylation is 2. The van der Waals surface area contributed by atoms with Crippen LogP contribution < -0.4 is 10.2 Å². The number of aromatic carboxylic acids is 3. The first-order valence-corrected chi connectivity index (χ1v) is 8.34. The molecule has 0 bridgehead atoms. The molecule has 0 atom stereocenters. The van der Waals surface area contributed by atoms with Gasteiger partial charge in [0.15, 0.2) is 0 Å². The third kappa shape index (κ3) is 6.96. The van der Waals surface area contributed by atoms with Gasteiger partial charge in [-0.1, -0.05) is 0 Å². The van der Waals surface area contributed by atoms with Crippen molar-refractivity contribution in [1.29, 1.82) is 0 Å². The number of aromatic nitrogens is 6. The molecule has 0 unspecified atom stereocenters. The maximum absolute atomic E-state index is 10.8. The van der Waals surface area contributed by atoms with E-state index in [1.807, 2.05) is 0 Å². The predicted molar refractivity (Wildman–Crippen MR) is 93.4 cm³/mol. The number of nitro benzene ring substituents is 1. The van der Waals surface area contributed by atoms with Crippen LogP contribution in [-0.2, 0) is 30.2 Å². The summed E-state index contributed by atoms with van der Waals surface area (Å²) in [6.07, 6.45) is 7.47. The van der Waals surface area contributed by atoms with E-state index in [0.717, 1.165) is 19.5 Å². The molecule has 32 heavy (non-hydrogen) atoms. The maximum Gasteiger partial charge on any atom is 2.00 e. The summed E-state index contributed by atoms with van der Waals surface area (Å²) in [5.74, 6) is -5.96. The summed E-state index contributed by atoms with van der Waals surface area (Å²) in [6.45, 7) is 1.72. The van der Waals surface area contributed by atoms with Crippen molar-refractivity contribution in [3.05, 3.63) is 64.2 Å². The Kier molecular flexibility index (Phi) is 9.60. The fraction of sp³-hybridized carbons (Fsp3) is 0.188. The Morgan fingerprint density at radius 1 is 0.938 bits per heavy atom. The van der Waals surface area contributed by atoms with Crippen molar-refractivity contribution in [1.82, 2.24) is 29.5 Å². The first-order valence-electron chi connectivity index (χ1n) is 8.34. The van der Waals surface area contributed by atoms with Gasteiger partial charge in [-0.3, -0.25) is 19.5 Å². The number of carboxylic acids is 3. The molecule has 2 aromatic heterocycles. The van der Waals surface area contributed by atoms with Gasteiger partial charge in [-0.05, 0) is 6.42 Å². The van der Waals surface area contributed by atoms with Crippen LogP contribution in [0.4, 0.5) is 5.69 Å². The van der Waals surface area contributed by atoms with Gasteiger partial charge in [0.1, 0.15) is 25.3 Å². The second-order valence-electron chi connectivity index (χ2n) is 5.72. The van der Waals surface area contributed by atoms with Crippen LogP contribution in [0.15, 0.2) is 37.4 Å². The molecule has 2 heterocycles. The van der Waals surface area contributed by atoms with Crippen LogP contribution >= 0.6 is 0 Å². The number of carboxylic acid groups (broad SMARTS) is 3. The van der Waals surface area contributed by atoms with Gasteiger partial charge in [0.05, 0.1) is 22.4 Å².